The van der Waals surface area contributed by atoms with E-state index in [4.69, 9.17) is 0 Å². The molecule has 0 aromatic carbocycles. The lowest BCUT2D eigenvalue weighted by atomic mass is 9.70. The maximum absolute atomic E-state index is 2.52. The van der Waals surface area contributed by atoms with Crippen LogP contribution in [0.2, 0.25) is 0 Å². The molecule has 42 heavy (non-hydrogen) atoms. The van der Waals surface area contributed by atoms with E-state index in [1.807, 2.05) is 27.7 Å². The Balaban J connectivity index is 0.000000347. The fourth-order valence-corrected chi connectivity index (χ4v) is 8.64. The molecule has 5 aliphatic carbocycles. The van der Waals surface area contributed by atoms with Gasteiger partial charge in [0.2, 0.25) is 0 Å². The molecule has 5 aliphatic rings. The standard InChI is InChI=1S/C21H38.C9H18.C8H16.2C2H6/c1-16-6-3-9-18(10-4-7-16)20-11-5-8-17(2)14-21(15-20)19-12-13-19;1-9-7-5-3-2-4-6-8-9;1-2-4-6-8-7-5-3-1;2*1-2/h16-21H,3-15H2,1-2H3;9H,2-8H2,1H3;1-8H2;2*1-2H3. The zero-order valence-electron chi connectivity index (χ0n) is 30.8. The van der Waals surface area contributed by atoms with Crippen LogP contribution in [0.5, 0.6) is 0 Å². The average Bonchev–Trinajstić information content (AvgIpc) is 3.79. The molecule has 252 valence electrons. The van der Waals surface area contributed by atoms with Gasteiger partial charge in [0.25, 0.3) is 0 Å². The van der Waals surface area contributed by atoms with Crippen molar-refractivity contribution in [3.05, 3.63) is 0 Å². The van der Waals surface area contributed by atoms with Gasteiger partial charge in [0.1, 0.15) is 0 Å². The number of rotatable bonds is 2. The molecule has 0 saturated heterocycles. The fraction of sp³-hybridized carbons (Fsp3) is 1.00. The van der Waals surface area contributed by atoms with Crippen LogP contribution in [-0.2, 0) is 0 Å². The molecule has 5 fully saturated rings. The molecule has 3 atom stereocenters. The van der Waals surface area contributed by atoms with E-state index in [0.29, 0.717) is 0 Å². The highest BCUT2D eigenvalue weighted by Gasteiger charge is 2.36. The fourth-order valence-electron chi connectivity index (χ4n) is 8.64. The minimum atomic E-state index is 1.00. The highest BCUT2D eigenvalue weighted by molar-refractivity contribution is 4.87. The third-order valence-corrected chi connectivity index (χ3v) is 11.5. The molecule has 0 radical (unpaired) electrons. The summed E-state index contributed by atoms with van der Waals surface area (Å²) in [5, 5.41) is 0. The molecular weight excluding hydrogens is 504 g/mol. The smallest absolute Gasteiger partial charge is 0.0381 e. The van der Waals surface area contributed by atoms with Gasteiger partial charge in [-0.05, 0) is 67.1 Å². The van der Waals surface area contributed by atoms with Crippen LogP contribution in [0.25, 0.3) is 0 Å². The molecule has 0 N–H and O–H groups in total. The second-order valence-electron chi connectivity index (χ2n) is 15.4. The quantitative estimate of drug-likeness (QED) is 0.301. The van der Waals surface area contributed by atoms with Gasteiger partial charge in [-0.1, -0.05) is 203 Å². The molecule has 0 heteroatoms. The van der Waals surface area contributed by atoms with E-state index >= 15 is 0 Å². The lowest BCUT2D eigenvalue weighted by molar-refractivity contribution is 0.158. The van der Waals surface area contributed by atoms with Crippen LogP contribution < -0.4 is 0 Å². The van der Waals surface area contributed by atoms with Crippen LogP contribution in [-0.4, -0.2) is 0 Å². The van der Waals surface area contributed by atoms with Gasteiger partial charge in [0, 0.05) is 0 Å². The second kappa shape index (κ2) is 27.3. The summed E-state index contributed by atoms with van der Waals surface area (Å²) in [5.74, 6) is 7.46. The van der Waals surface area contributed by atoms with Crippen LogP contribution in [0.1, 0.15) is 228 Å². The maximum atomic E-state index is 2.52. The van der Waals surface area contributed by atoms with Crippen molar-refractivity contribution < 1.29 is 0 Å². The Labute approximate surface area is 269 Å². The average molecular weight is 589 g/mol. The van der Waals surface area contributed by atoms with Gasteiger partial charge >= 0.3 is 0 Å². The summed E-state index contributed by atoms with van der Waals surface area (Å²) in [6.45, 7) is 15.4. The van der Waals surface area contributed by atoms with Crippen molar-refractivity contribution in [1.82, 2.24) is 0 Å². The summed E-state index contributed by atoms with van der Waals surface area (Å²) in [7, 11) is 0. The molecule has 0 heterocycles. The van der Waals surface area contributed by atoms with Gasteiger partial charge in [0.05, 0.1) is 0 Å². The van der Waals surface area contributed by atoms with Crippen molar-refractivity contribution in [2.45, 2.75) is 228 Å². The monoisotopic (exact) mass is 589 g/mol. The molecule has 5 rings (SSSR count). The number of hydrogen-bond donors (Lipinski definition) is 0. The number of hydrogen-bond acceptors (Lipinski definition) is 0. The minimum Gasteiger partial charge on any atom is -0.0683 e. The Hall–Kier alpha value is 0. The second-order valence-corrected chi connectivity index (χ2v) is 15.4. The summed E-state index contributed by atoms with van der Waals surface area (Å²) >= 11 is 0. The Kier molecular flexibility index (Phi) is 26.0. The van der Waals surface area contributed by atoms with E-state index in [2.05, 4.69) is 20.8 Å². The minimum absolute atomic E-state index is 1.00. The normalized spacial score (nSPS) is 31.9. The molecule has 0 aliphatic heterocycles. The zero-order valence-corrected chi connectivity index (χ0v) is 30.8. The van der Waals surface area contributed by atoms with Crippen molar-refractivity contribution in [1.29, 1.82) is 0 Å². The molecule has 0 amide bonds. The summed E-state index contributed by atoms with van der Waals surface area (Å²) in [5.41, 5.74) is 0. The van der Waals surface area contributed by atoms with Gasteiger partial charge < -0.3 is 0 Å². The molecule has 0 aromatic heterocycles. The van der Waals surface area contributed by atoms with Gasteiger partial charge in [-0.3, -0.25) is 0 Å². The predicted molar refractivity (Wildman–Crippen MR) is 193 cm³/mol. The van der Waals surface area contributed by atoms with Crippen LogP contribution >= 0.6 is 0 Å². The summed E-state index contributed by atoms with van der Waals surface area (Å²) in [6.07, 6.45) is 42.5. The summed E-state index contributed by atoms with van der Waals surface area (Å²) < 4.78 is 0. The first-order chi connectivity index (χ1) is 20.6. The first-order valence-corrected chi connectivity index (χ1v) is 20.6. The van der Waals surface area contributed by atoms with E-state index in [-0.39, 0.29) is 0 Å². The summed E-state index contributed by atoms with van der Waals surface area (Å²) in [4.78, 5) is 0. The Morgan fingerprint density at radius 2 is 0.548 bits per heavy atom. The van der Waals surface area contributed by atoms with Gasteiger partial charge in [-0.2, -0.15) is 0 Å². The Bertz CT molecular complexity index is 504. The van der Waals surface area contributed by atoms with Crippen LogP contribution in [0.4, 0.5) is 0 Å². The van der Waals surface area contributed by atoms with Crippen LogP contribution in [0.3, 0.4) is 0 Å². The zero-order chi connectivity index (χ0) is 30.8. The molecule has 5 saturated carbocycles. The van der Waals surface area contributed by atoms with E-state index in [1.54, 1.807) is 44.9 Å². The lowest BCUT2D eigenvalue weighted by Crippen LogP contribution is -2.24. The topological polar surface area (TPSA) is 0 Å². The van der Waals surface area contributed by atoms with Crippen molar-refractivity contribution in [2.24, 2.45) is 41.4 Å². The van der Waals surface area contributed by atoms with Crippen LogP contribution in [0, 0.1) is 41.4 Å². The molecule has 3 unspecified atom stereocenters. The van der Waals surface area contributed by atoms with E-state index in [9.17, 15) is 0 Å². The Morgan fingerprint density at radius 3 is 0.952 bits per heavy atom. The molecular formula is C42H84. The molecule has 0 nitrogen and oxygen atoms in total. The maximum Gasteiger partial charge on any atom is -0.0381 e. The van der Waals surface area contributed by atoms with Crippen molar-refractivity contribution in [2.75, 3.05) is 0 Å². The molecule has 0 spiro atoms. The van der Waals surface area contributed by atoms with Crippen molar-refractivity contribution in [3.8, 4) is 0 Å². The van der Waals surface area contributed by atoms with E-state index < -0.39 is 0 Å². The highest BCUT2D eigenvalue weighted by Crippen LogP contribution is 2.47. The van der Waals surface area contributed by atoms with E-state index in [1.165, 1.54) is 135 Å². The first-order valence-electron chi connectivity index (χ1n) is 20.6. The van der Waals surface area contributed by atoms with Crippen molar-refractivity contribution >= 4 is 0 Å². The van der Waals surface area contributed by atoms with Crippen LogP contribution in [0.15, 0.2) is 0 Å². The van der Waals surface area contributed by atoms with E-state index in [0.717, 1.165) is 41.4 Å². The van der Waals surface area contributed by atoms with Gasteiger partial charge in [-0.15, -0.1) is 0 Å². The molecule has 0 aromatic rings. The third kappa shape index (κ3) is 20.1. The third-order valence-electron chi connectivity index (χ3n) is 11.5. The molecule has 0 bridgehead atoms. The van der Waals surface area contributed by atoms with Crippen molar-refractivity contribution in [3.63, 3.8) is 0 Å². The predicted octanol–water partition coefficient (Wildman–Crippen LogP) is 15.4. The SMILES string of the molecule is C1CCCCCCC1.CC.CC.CC1CCCC(C2CCCC(C)CC(C3CC3)C2)CCC1.CC1CCCCCCC1. The van der Waals surface area contributed by atoms with Gasteiger partial charge in [0.15, 0.2) is 0 Å². The lowest BCUT2D eigenvalue weighted by Gasteiger charge is -2.35. The Morgan fingerprint density at radius 1 is 0.238 bits per heavy atom. The van der Waals surface area contributed by atoms with Gasteiger partial charge in [-0.25, -0.2) is 0 Å². The highest BCUT2D eigenvalue weighted by atomic mass is 14.4. The first kappa shape index (κ1) is 40.0. The largest absolute Gasteiger partial charge is 0.0683 e. The summed E-state index contributed by atoms with van der Waals surface area (Å²) in [6, 6.07) is 0.